The first-order valence-corrected chi connectivity index (χ1v) is 7.46. The highest BCUT2D eigenvalue weighted by molar-refractivity contribution is 5.97. The average Bonchev–Trinajstić information content (AvgIpc) is 2.55. The number of aryl methyl sites for hydroxylation is 1. The molecule has 1 amide bonds. The highest BCUT2D eigenvalue weighted by Crippen LogP contribution is 2.22. The van der Waals surface area contributed by atoms with E-state index in [1.54, 1.807) is 18.3 Å². The van der Waals surface area contributed by atoms with Crippen molar-refractivity contribution in [2.45, 2.75) is 6.92 Å². The topological polar surface area (TPSA) is 62.5 Å². The van der Waals surface area contributed by atoms with Crippen LogP contribution < -0.4 is 15.5 Å². The molecule has 3 rings (SSSR count). The maximum Gasteiger partial charge on any atom is 0.252 e. The Morgan fingerprint density at radius 1 is 1.09 bits per heavy atom. The first-order chi connectivity index (χ1) is 10.6. The molecule has 2 N–H and O–H groups in total. The van der Waals surface area contributed by atoms with Gasteiger partial charge in [-0.05, 0) is 36.8 Å². The van der Waals surface area contributed by atoms with Gasteiger partial charge in [0, 0.05) is 38.1 Å². The number of hydrogen-bond donors (Lipinski definition) is 1. The van der Waals surface area contributed by atoms with Gasteiger partial charge >= 0.3 is 0 Å². The minimum absolute atomic E-state index is 0.427. The Morgan fingerprint density at radius 3 is 2.50 bits per heavy atom. The molecule has 0 unspecified atom stereocenters. The van der Waals surface area contributed by atoms with Crippen molar-refractivity contribution in [1.29, 1.82) is 0 Å². The van der Waals surface area contributed by atoms with Crippen LogP contribution in [0.25, 0.3) is 0 Å². The second-order valence-electron chi connectivity index (χ2n) is 5.55. The van der Waals surface area contributed by atoms with Crippen LogP contribution in [0.3, 0.4) is 0 Å². The van der Waals surface area contributed by atoms with Gasteiger partial charge in [-0.3, -0.25) is 4.79 Å². The molecule has 1 fully saturated rings. The molecule has 114 valence electrons. The van der Waals surface area contributed by atoms with E-state index in [1.807, 2.05) is 0 Å². The summed E-state index contributed by atoms with van der Waals surface area (Å²) in [7, 11) is 0. The van der Waals surface area contributed by atoms with Crippen LogP contribution >= 0.6 is 0 Å². The summed E-state index contributed by atoms with van der Waals surface area (Å²) >= 11 is 0. The van der Waals surface area contributed by atoms with E-state index in [0.29, 0.717) is 11.4 Å². The molecular weight excluding hydrogens is 276 g/mol. The molecule has 2 heterocycles. The predicted molar refractivity (Wildman–Crippen MR) is 88.4 cm³/mol. The maximum absolute atomic E-state index is 11.5. The van der Waals surface area contributed by atoms with Crippen molar-refractivity contribution < 1.29 is 4.79 Å². The number of aromatic nitrogens is 1. The molecule has 0 bridgehead atoms. The van der Waals surface area contributed by atoms with Crippen LogP contribution in [0, 0.1) is 6.92 Å². The molecule has 0 aliphatic carbocycles. The van der Waals surface area contributed by atoms with Crippen LogP contribution in [0.2, 0.25) is 0 Å². The van der Waals surface area contributed by atoms with Crippen LogP contribution in [0.4, 0.5) is 11.5 Å². The van der Waals surface area contributed by atoms with Crippen LogP contribution in [0.1, 0.15) is 15.9 Å². The van der Waals surface area contributed by atoms with Gasteiger partial charge in [0.2, 0.25) is 0 Å². The third-order valence-electron chi connectivity index (χ3n) is 4.00. The average molecular weight is 296 g/mol. The van der Waals surface area contributed by atoms with E-state index >= 15 is 0 Å². The van der Waals surface area contributed by atoms with E-state index in [0.717, 1.165) is 26.2 Å². The number of carbonyl (C=O) groups is 1. The Bertz CT molecular complexity index is 678. The highest BCUT2D eigenvalue weighted by Gasteiger charge is 2.21. The fourth-order valence-electron chi connectivity index (χ4n) is 2.84. The molecule has 2 aromatic rings. The SMILES string of the molecule is Cc1cccc(N2CCN(c3ncccc3C(N)=O)CC2)c1. The number of rotatable bonds is 3. The minimum Gasteiger partial charge on any atom is -0.368 e. The molecule has 1 aliphatic rings. The summed E-state index contributed by atoms with van der Waals surface area (Å²) in [5, 5.41) is 0. The molecule has 0 spiro atoms. The molecule has 1 aromatic carbocycles. The molecule has 5 nitrogen and oxygen atoms in total. The summed E-state index contributed by atoms with van der Waals surface area (Å²) in [6, 6.07) is 12.0. The summed E-state index contributed by atoms with van der Waals surface area (Å²) in [4.78, 5) is 20.4. The molecular formula is C17H20N4O. The number of amides is 1. The lowest BCUT2D eigenvalue weighted by molar-refractivity contribution is 0.100. The number of carbonyl (C=O) groups excluding carboxylic acids is 1. The summed E-state index contributed by atoms with van der Waals surface area (Å²) < 4.78 is 0. The zero-order valence-corrected chi connectivity index (χ0v) is 12.7. The predicted octanol–water partition coefficient (Wildman–Crippen LogP) is 1.82. The Balaban J connectivity index is 1.73. The number of nitrogens with zero attached hydrogens (tertiary/aromatic N) is 3. The van der Waals surface area contributed by atoms with Crippen LogP contribution in [0.15, 0.2) is 42.6 Å². The number of nitrogens with two attached hydrogens (primary N) is 1. The molecule has 5 heteroatoms. The van der Waals surface area contributed by atoms with Gasteiger partial charge in [-0.1, -0.05) is 12.1 Å². The molecule has 0 radical (unpaired) electrons. The zero-order valence-electron chi connectivity index (χ0n) is 12.7. The lowest BCUT2D eigenvalue weighted by atomic mass is 10.1. The molecule has 0 saturated carbocycles. The first-order valence-electron chi connectivity index (χ1n) is 7.46. The van der Waals surface area contributed by atoms with Gasteiger partial charge in [0.05, 0.1) is 5.56 Å². The van der Waals surface area contributed by atoms with Crippen LogP contribution in [-0.4, -0.2) is 37.1 Å². The molecule has 22 heavy (non-hydrogen) atoms. The second kappa shape index (κ2) is 6.05. The normalized spacial score (nSPS) is 15.0. The number of piperazine rings is 1. The van der Waals surface area contributed by atoms with Gasteiger partial charge < -0.3 is 15.5 Å². The number of benzene rings is 1. The Morgan fingerprint density at radius 2 is 1.82 bits per heavy atom. The number of hydrogen-bond acceptors (Lipinski definition) is 4. The third-order valence-corrected chi connectivity index (χ3v) is 4.00. The van der Waals surface area contributed by atoms with Crippen molar-refractivity contribution in [2.24, 2.45) is 5.73 Å². The van der Waals surface area contributed by atoms with Crippen molar-refractivity contribution in [3.05, 3.63) is 53.7 Å². The summed E-state index contributed by atoms with van der Waals surface area (Å²) in [5.41, 5.74) is 8.44. The Hall–Kier alpha value is -2.56. The van der Waals surface area contributed by atoms with Crippen molar-refractivity contribution in [3.8, 4) is 0 Å². The van der Waals surface area contributed by atoms with Gasteiger partial charge in [0.1, 0.15) is 5.82 Å². The van der Waals surface area contributed by atoms with Crippen molar-refractivity contribution >= 4 is 17.4 Å². The standard InChI is InChI=1S/C17H20N4O/c1-13-4-2-5-14(12-13)20-8-10-21(11-9-20)17-15(16(18)22)6-3-7-19-17/h2-7,12H,8-11H2,1H3,(H2,18,22). The van der Waals surface area contributed by atoms with Crippen molar-refractivity contribution in [3.63, 3.8) is 0 Å². The van der Waals surface area contributed by atoms with E-state index < -0.39 is 5.91 Å². The molecule has 1 saturated heterocycles. The second-order valence-corrected chi connectivity index (χ2v) is 5.55. The van der Waals surface area contributed by atoms with Gasteiger partial charge in [0.15, 0.2) is 0 Å². The molecule has 1 aromatic heterocycles. The van der Waals surface area contributed by atoms with Gasteiger partial charge in [-0.25, -0.2) is 4.98 Å². The first kappa shape index (κ1) is 14.4. The fourth-order valence-corrected chi connectivity index (χ4v) is 2.84. The Labute approximate surface area is 130 Å². The largest absolute Gasteiger partial charge is 0.368 e. The zero-order chi connectivity index (χ0) is 15.5. The smallest absolute Gasteiger partial charge is 0.252 e. The van der Waals surface area contributed by atoms with E-state index in [2.05, 4.69) is 46.0 Å². The summed E-state index contributed by atoms with van der Waals surface area (Å²) in [5.74, 6) is 0.267. The van der Waals surface area contributed by atoms with E-state index in [9.17, 15) is 4.79 Å². The number of pyridine rings is 1. The van der Waals surface area contributed by atoms with Gasteiger partial charge in [0.25, 0.3) is 5.91 Å². The monoisotopic (exact) mass is 296 g/mol. The Kier molecular flexibility index (Phi) is 3.96. The fraction of sp³-hybridized carbons (Fsp3) is 0.294. The summed E-state index contributed by atoms with van der Waals surface area (Å²) in [6.07, 6.45) is 1.70. The van der Waals surface area contributed by atoms with Crippen molar-refractivity contribution in [2.75, 3.05) is 36.0 Å². The quantitative estimate of drug-likeness (QED) is 0.938. The van der Waals surface area contributed by atoms with E-state index in [-0.39, 0.29) is 0 Å². The van der Waals surface area contributed by atoms with Gasteiger partial charge in [-0.15, -0.1) is 0 Å². The van der Waals surface area contributed by atoms with Crippen LogP contribution in [0.5, 0.6) is 0 Å². The lowest BCUT2D eigenvalue weighted by Crippen LogP contribution is -2.47. The lowest BCUT2D eigenvalue weighted by Gasteiger charge is -2.37. The highest BCUT2D eigenvalue weighted by atomic mass is 16.1. The van der Waals surface area contributed by atoms with Crippen LogP contribution in [-0.2, 0) is 0 Å². The van der Waals surface area contributed by atoms with E-state index in [4.69, 9.17) is 5.73 Å². The molecule has 0 atom stereocenters. The third kappa shape index (κ3) is 2.88. The molecule has 1 aliphatic heterocycles. The van der Waals surface area contributed by atoms with Gasteiger partial charge in [-0.2, -0.15) is 0 Å². The summed E-state index contributed by atoms with van der Waals surface area (Å²) in [6.45, 7) is 5.56. The van der Waals surface area contributed by atoms with E-state index in [1.165, 1.54) is 11.3 Å². The van der Waals surface area contributed by atoms with Crippen molar-refractivity contribution in [1.82, 2.24) is 4.98 Å². The number of primary amides is 1. The number of anilines is 2. The maximum atomic E-state index is 11.5. The minimum atomic E-state index is -0.427.